The van der Waals surface area contributed by atoms with E-state index in [9.17, 15) is 9.90 Å². The lowest BCUT2D eigenvalue weighted by atomic mass is 10.1. The molecule has 1 amide bonds. The Morgan fingerprint density at radius 2 is 2.18 bits per heavy atom. The van der Waals surface area contributed by atoms with Crippen LogP contribution in [-0.2, 0) is 4.79 Å². The second-order valence-corrected chi connectivity index (χ2v) is 5.85. The van der Waals surface area contributed by atoms with Crippen molar-refractivity contribution in [3.63, 3.8) is 0 Å². The molecule has 0 heterocycles. The van der Waals surface area contributed by atoms with Crippen molar-refractivity contribution in [1.29, 1.82) is 0 Å². The third-order valence-electron chi connectivity index (χ3n) is 3.45. The summed E-state index contributed by atoms with van der Waals surface area (Å²) in [5, 5.41) is 13.0. The summed E-state index contributed by atoms with van der Waals surface area (Å²) in [7, 11) is 0. The first-order valence-electron chi connectivity index (χ1n) is 7.86. The van der Waals surface area contributed by atoms with Crippen molar-refractivity contribution >= 4 is 17.5 Å². The number of aliphatic hydroxyl groups excluding tert-OH is 1. The van der Waals surface area contributed by atoms with Gasteiger partial charge in [0.2, 0.25) is 5.91 Å². The van der Waals surface area contributed by atoms with Gasteiger partial charge >= 0.3 is 0 Å². The minimum Gasteiger partial charge on any atom is -0.493 e. The molecule has 0 spiro atoms. The van der Waals surface area contributed by atoms with Gasteiger partial charge in [-0.15, -0.1) is 0 Å². The highest BCUT2D eigenvalue weighted by molar-refractivity contribution is 6.30. The average molecular weight is 328 g/mol. The number of aryl methyl sites for hydroxylation is 1. The molecule has 1 unspecified atom stereocenters. The van der Waals surface area contributed by atoms with Gasteiger partial charge in [-0.25, -0.2) is 0 Å². The number of halogens is 1. The second-order valence-electron chi connectivity index (χ2n) is 5.42. The van der Waals surface area contributed by atoms with E-state index in [0.29, 0.717) is 31.0 Å². The maximum absolute atomic E-state index is 11.6. The Labute approximate surface area is 137 Å². The summed E-state index contributed by atoms with van der Waals surface area (Å²) in [6.07, 6.45) is 3.16. The molecule has 0 aliphatic heterocycles. The summed E-state index contributed by atoms with van der Waals surface area (Å²) in [6, 6.07) is 5.49. The van der Waals surface area contributed by atoms with E-state index in [0.717, 1.165) is 30.6 Å². The molecule has 0 aliphatic carbocycles. The Bertz CT molecular complexity index is 465. The van der Waals surface area contributed by atoms with E-state index in [2.05, 4.69) is 5.32 Å². The Kier molecular flexibility index (Phi) is 8.94. The maximum Gasteiger partial charge on any atom is 0.220 e. The summed E-state index contributed by atoms with van der Waals surface area (Å²) >= 11 is 5.88. The van der Waals surface area contributed by atoms with E-state index in [4.69, 9.17) is 16.3 Å². The molecule has 1 atom stereocenters. The van der Waals surface area contributed by atoms with Gasteiger partial charge in [-0.2, -0.15) is 0 Å². The van der Waals surface area contributed by atoms with Crippen molar-refractivity contribution in [2.45, 2.75) is 52.1 Å². The Morgan fingerprint density at radius 3 is 2.86 bits per heavy atom. The lowest BCUT2D eigenvalue weighted by Gasteiger charge is -2.10. The molecular weight excluding hydrogens is 302 g/mol. The number of aliphatic hydroxyl groups is 1. The van der Waals surface area contributed by atoms with Gasteiger partial charge in [0.05, 0.1) is 12.7 Å². The molecule has 0 radical (unpaired) electrons. The van der Waals surface area contributed by atoms with Gasteiger partial charge in [-0.3, -0.25) is 4.79 Å². The molecule has 124 valence electrons. The summed E-state index contributed by atoms with van der Waals surface area (Å²) < 4.78 is 5.64. The first-order valence-corrected chi connectivity index (χ1v) is 8.24. The highest BCUT2D eigenvalue weighted by Gasteiger charge is 2.04. The predicted octanol–water partition coefficient (Wildman–Crippen LogP) is 3.47. The van der Waals surface area contributed by atoms with Crippen LogP contribution in [0, 0.1) is 6.92 Å². The number of hydrogen-bond donors (Lipinski definition) is 2. The highest BCUT2D eigenvalue weighted by atomic mass is 35.5. The topological polar surface area (TPSA) is 58.6 Å². The van der Waals surface area contributed by atoms with Crippen LogP contribution in [0.3, 0.4) is 0 Å². The first kappa shape index (κ1) is 18.8. The zero-order valence-corrected chi connectivity index (χ0v) is 14.2. The first-order chi connectivity index (χ1) is 10.5. The lowest BCUT2D eigenvalue weighted by molar-refractivity contribution is -0.121. The molecule has 2 N–H and O–H groups in total. The Hall–Kier alpha value is -1.26. The Morgan fingerprint density at radius 1 is 1.41 bits per heavy atom. The lowest BCUT2D eigenvalue weighted by Crippen LogP contribution is -2.25. The zero-order valence-electron chi connectivity index (χ0n) is 13.4. The number of carbonyl (C=O) groups is 1. The van der Waals surface area contributed by atoms with Crippen LogP contribution in [-0.4, -0.2) is 30.3 Å². The molecule has 4 nitrogen and oxygen atoms in total. The molecular formula is C17H26ClNO3. The quantitative estimate of drug-likeness (QED) is 0.647. The number of benzene rings is 1. The number of rotatable bonds is 10. The molecule has 1 aromatic rings. The number of carbonyl (C=O) groups excluding carboxylic acids is 1. The fraction of sp³-hybridized carbons (Fsp3) is 0.588. The summed E-state index contributed by atoms with van der Waals surface area (Å²) in [5.41, 5.74) is 0.992. The normalized spacial score (nSPS) is 12.0. The minimum atomic E-state index is -0.257. The van der Waals surface area contributed by atoms with Gasteiger partial charge in [0, 0.05) is 18.0 Å². The monoisotopic (exact) mass is 327 g/mol. The average Bonchev–Trinajstić information content (AvgIpc) is 2.49. The van der Waals surface area contributed by atoms with Crippen LogP contribution in [0.4, 0.5) is 0 Å². The van der Waals surface area contributed by atoms with Gasteiger partial charge in [-0.1, -0.05) is 18.5 Å². The molecule has 0 saturated carbocycles. The molecule has 22 heavy (non-hydrogen) atoms. The van der Waals surface area contributed by atoms with Crippen LogP contribution in [0.1, 0.15) is 44.6 Å². The van der Waals surface area contributed by atoms with E-state index in [1.807, 2.05) is 26.0 Å². The third-order valence-corrected chi connectivity index (χ3v) is 3.69. The van der Waals surface area contributed by atoms with E-state index in [-0.39, 0.29) is 12.0 Å². The predicted molar refractivity (Wildman–Crippen MR) is 89.5 cm³/mol. The summed E-state index contributed by atoms with van der Waals surface area (Å²) in [5.74, 6) is 0.834. The van der Waals surface area contributed by atoms with Gasteiger partial charge in [0.25, 0.3) is 0 Å². The zero-order chi connectivity index (χ0) is 16.4. The van der Waals surface area contributed by atoms with E-state index < -0.39 is 0 Å². The minimum absolute atomic E-state index is 0.0300. The third kappa shape index (κ3) is 7.66. The Balaban J connectivity index is 2.10. The number of ether oxygens (including phenoxy) is 1. The molecule has 0 saturated heterocycles. The van der Waals surface area contributed by atoms with Crippen LogP contribution in [0.5, 0.6) is 5.75 Å². The molecule has 0 fully saturated rings. The van der Waals surface area contributed by atoms with E-state index >= 15 is 0 Å². The van der Waals surface area contributed by atoms with Gasteiger partial charge in [-0.05, 0) is 56.4 Å². The van der Waals surface area contributed by atoms with Crippen LogP contribution in [0.15, 0.2) is 18.2 Å². The van der Waals surface area contributed by atoms with Crippen molar-refractivity contribution in [2.75, 3.05) is 13.2 Å². The van der Waals surface area contributed by atoms with Crippen LogP contribution in [0.25, 0.3) is 0 Å². The molecule has 0 aromatic heterocycles. The van der Waals surface area contributed by atoms with E-state index in [1.54, 1.807) is 6.07 Å². The van der Waals surface area contributed by atoms with Crippen molar-refractivity contribution in [3.05, 3.63) is 28.8 Å². The largest absolute Gasteiger partial charge is 0.493 e. The summed E-state index contributed by atoms with van der Waals surface area (Å²) in [6.45, 7) is 5.02. The van der Waals surface area contributed by atoms with Crippen molar-refractivity contribution in [1.82, 2.24) is 5.32 Å². The van der Waals surface area contributed by atoms with Gasteiger partial charge in [0.15, 0.2) is 0 Å². The second kappa shape index (κ2) is 10.5. The van der Waals surface area contributed by atoms with Crippen LogP contribution >= 0.6 is 11.6 Å². The van der Waals surface area contributed by atoms with Crippen molar-refractivity contribution in [2.24, 2.45) is 0 Å². The molecule has 1 aromatic carbocycles. The molecule has 1 rings (SSSR count). The number of hydrogen-bond acceptors (Lipinski definition) is 3. The fourth-order valence-electron chi connectivity index (χ4n) is 2.05. The molecule has 5 heteroatoms. The number of nitrogens with one attached hydrogen (secondary N) is 1. The molecule has 0 aliphatic rings. The highest BCUT2D eigenvalue weighted by Crippen LogP contribution is 2.21. The van der Waals surface area contributed by atoms with Gasteiger partial charge < -0.3 is 15.2 Å². The maximum atomic E-state index is 11.6. The van der Waals surface area contributed by atoms with Crippen LogP contribution in [0.2, 0.25) is 5.02 Å². The SMILES string of the molecule is CCC(O)CCCNC(=O)CCCOc1ccc(Cl)cc1C. The standard InChI is InChI=1S/C17H26ClNO3/c1-3-15(20)6-4-10-19-17(21)7-5-11-22-16-9-8-14(18)12-13(16)2/h8-9,12,15,20H,3-7,10-11H2,1-2H3,(H,19,21). The van der Waals surface area contributed by atoms with Crippen molar-refractivity contribution in [3.8, 4) is 5.75 Å². The van der Waals surface area contributed by atoms with E-state index in [1.165, 1.54) is 0 Å². The van der Waals surface area contributed by atoms with Crippen LogP contribution < -0.4 is 10.1 Å². The molecule has 0 bridgehead atoms. The smallest absolute Gasteiger partial charge is 0.220 e. The number of amides is 1. The summed E-state index contributed by atoms with van der Waals surface area (Å²) in [4.78, 5) is 11.6. The van der Waals surface area contributed by atoms with Crippen molar-refractivity contribution < 1.29 is 14.6 Å². The fourth-order valence-corrected chi connectivity index (χ4v) is 2.27. The van der Waals surface area contributed by atoms with Gasteiger partial charge in [0.1, 0.15) is 5.75 Å².